The summed E-state index contributed by atoms with van der Waals surface area (Å²) in [5.74, 6) is 6.05. The molecule has 0 aliphatic heterocycles. The van der Waals surface area contributed by atoms with Crippen LogP contribution in [-0.2, 0) is 0 Å². The Labute approximate surface area is 83.9 Å². The van der Waals surface area contributed by atoms with E-state index in [0.29, 0.717) is 6.54 Å². The monoisotopic (exact) mass is 193 g/mol. The molecule has 0 saturated heterocycles. The molecule has 0 saturated carbocycles. The molecule has 1 aromatic carbocycles. The molecule has 1 aromatic rings. The first-order valence-electron chi connectivity index (χ1n) is 4.19. The smallest absolute Gasteiger partial charge is 0.0409 e. The zero-order valence-electron chi connectivity index (χ0n) is 7.60. The van der Waals surface area contributed by atoms with Crippen molar-refractivity contribution in [2.24, 2.45) is 5.73 Å². The van der Waals surface area contributed by atoms with Gasteiger partial charge in [0, 0.05) is 23.6 Å². The van der Waals surface area contributed by atoms with E-state index < -0.39 is 0 Å². The summed E-state index contributed by atoms with van der Waals surface area (Å²) in [6, 6.07) is 5.69. The van der Waals surface area contributed by atoms with Crippen LogP contribution in [0.2, 0.25) is 5.02 Å². The lowest BCUT2D eigenvalue weighted by Crippen LogP contribution is -1.95. The molecule has 0 heterocycles. The van der Waals surface area contributed by atoms with Crippen LogP contribution in [0.3, 0.4) is 0 Å². The number of hydrogen-bond acceptors (Lipinski definition) is 1. The summed E-state index contributed by atoms with van der Waals surface area (Å²) in [6.07, 6.45) is 0.738. The van der Waals surface area contributed by atoms with Crippen LogP contribution < -0.4 is 5.73 Å². The second-order valence-corrected chi connectivity index (χ2v) is 3.24. The fourth-order valence-electron chi connectivity index (χ4n) is 0.997. The minimum atomic E-state index is 0.611. The molecule has 2 heteroatoms. The van der Waals surface area contributed by atoms with Crippen molar-refractivity contribution in [1.82, 2.24) is 0 Å². The van der Waals surface area contributed by atoms with Gasteiger partial charge in [-0.1, -0.05) is 23.4 Å². The SMILES string of the molecule is Cc1cc(Cl)ccc1C#CCCN. The van der Waals surface area contributed by atoms with Gasteiger partial charge in [0.1, 0.15) is 0 Å². The maximum atomic E-state index is 5.81. The first-order valence-corrected chi connectivity index (χ1v) is 4.57. The van der Waals surface area contributed by atoms with E-state index in [4.69, 9.17) is 17.3 Å². The molecule has 0 amide bonds. The summed E-state index contributed by atoms with van der Waals surface area (Å²) in [4.78, 5) is 0. The maximum Gasteiger partial charge on any atom is 0.0409 e. The molecule has 2 N–H and O–H groups in total. The molecule has 68 valence electrons. The van der Waals surface area contributed by atoms with Gasteiger partial charge in [0.25, 0.3) is 0 Å². The number of aryl methyl sites for hydroxylation is 1. The topological polar surface area (TPSA) is 26.0 Å². The molecular weight excluding hydrogens is 182 g/mol. The summed E-state index contributed by atoms with van der Waals surface area (Å²) in [5, 5.41) is 0.752. The standard InChI is InChI=1S/C11H12ClN/c1-9-8-11(12)6-5-10(9)4-2-3-7-13/h5-6,8H,3,7,13H2,1H3. The van der Waals surface area contributed by atoms with Crippen LogP contribution in [0.4, 0.5) is 0 Å². The highest BCUT2D eigenvalue weighted by Gasteiger charge is 1.94. The van der Waals surface area contributed by atoms with Gasteiger partial charge >= 0.3 is 0 Å². The van der Waals surface area contributed by atoms with Gasteiger partial charge in [-0.05, 0) is 30.7 Å². The molecule has 0 aromatic heterocycles. The third-order valence-corrected chi connectivity index (χ3v) is 1.92. The maximum absolute atomic E-state index is 5.81. The van der Waals surface area contributed by atoms with Crippen LogP contribution >= 0.6 is 11.6 Å². The summed E-state index contributed by atoms with van der Waals surface area (Å²) in [7, 11) is 0. The molecule has 0 unspecified atom stereocenters. The fraction of sp³-hybridized carbons (Fsp3) is 0.273. The van der Waals surface area contributed by atoms with E-state index in [1.54, 1.807) is 0 Å². The first kappa shape index (κ1) is 10.1. The minimum Gasteiger partial charge on any atom is -0.330 e. The van der Waals surface area contributed by atoms with Gasteiger partial charge in [0.05, 0.1) is 0 Å². The van der Waals surface area contributed by atoms with Crippen molar-refractivity contribution in [1.29, 1.82) is 0 Å². The minimum absolute atomic E-state index is 0.611. The Bertz CT molecular complexity index is 347. The summed E-state index contributed by atoms with van der Waals surface area (Å²) < 4.78 is 0. The van der Waals surface area contributed by atoms with E-state index in [0.717, 1.165) is 22.6 Å². The largest absolute Gasteiger partial charge is 0.330 e. The normalized spacial score (nSPS) is 9.15. The summed E-state index contributed by atoms with van der Waals surface area (Å²) in [5.41, 5.74) is 7.47. The van der Waals surface area contributed by atoms with Crippen molar-refractivity contribution in [2.45, 2.75) is 13.3 Å². The molecule has 1 rings (SSSR count). The molecule has 0 aliphatic carbocycles. The van der Waals surface area contributed by atoms with Crippen LogP contribution in [0.25, 0.3) is 0 Å². The highest BCUT2D eigenvalue weighted by molar-refractivity contribution is 6.30. The molecule has 0 atom stereocenters. The van der Waals surface area contributed by atoms with E-state index in [1.807, 2.05) is 25.1 Å². The molecule has 13 heavy (non-hydrogen) atoms. The van der Waals surface area contributed by atoms with Crippen molar-refractivity contribution in [3.8, 4) is 11.8 Å². The second-order valence-electron chi connectivity index (χ2n) is 2.80. The van der Waals surface area contributed by atoms with Gasteiger partial charge in [-0.2, -0.15) is 0 Å². The molecular formula is C11H12ClN. The van der Waals surface area contributed by atoms with Crippen LogP contribution in [0.15, 0.2) is 18.2 Å². The molecule has 1 nitrogen and oxygen atoms in total. The van der Waals surface area contributed by atoms with Crippen LogP contribution in [-0.4, -0.2) is 6.54 Å². The fourth-order valence-corrected chi connectivity index (χ4v) is 1.22. The zero-order chi connectivity index (χ0) is 9.68. The Hall–Kier alpha value is -0.970. The van der Waals surface area contributed by atoms with Crippen LogP contribution in [0.1, 0.15) is 17.5 Å². The van der Waals surface area contributed by atoms with E-state index in [-0.39, 0.29) is 0 Å². The molecule has 0 bridgehead atoms. The van der Waals surface area contributed by atoms with Crippen molar-refractivity contribution in [3.05, 3.63) is 34.3 Å². The van der Waals surface area contributed by atoms with Crippen molar-refractivity contribution in [2.75, 3.05) is 6.54 Å². The Morgan fingerprint density at radius 3 is 2.85 bits per heavy atom. The average molecular weight is 194 g/mol. The second kappa shape index (κ2) is 4.91. The third kappa shape index (κ3) is 3.10. The lowest BCUT2D eigenvalue weighted by atomic mass is 10.1. The van der Waals surface area contributed by atoms with E-state index in [1.165, 1.54) is 0 Å². The first-order chi connectivity index (χ1) is 6.24. The van der Waals surface area contributed by atoms with E-state index in [2.05, 4.69) is 11.8 Å². The van der Waals surface area contributed by atoms with Gasteiger partial charge in [-0.3, -0.25) is 0 Å². The Kier molecular flexibility index (Phi) is 3.82. The number of benzene rings is 1. The van der Waals surface area contributed by atoms with Gasteiger partial charge in [0.2, 0.25) is 0 Å². The molecule has 0 fully saturated rings. The lowest BCUT2D eigenvalue weighted by Gasteiger charge is -1.97. The zero-order valence-corrected chi connectivity index (χ0v) is 8.36. The number of rotatable bonds is 1. The van der Waals surface area contributed by atoms with Crippen LogP contribution in [0, 0.1) is 18.8 Å². The Balaban J connectivity index is 2.85. The van der Waals surface area contributed by atoms with E-state index in [9.17, 15) is 0 Å². The van der Waals surface area contributed by atoms with Gasteiger partial charge in [0.15, 0.2) is 0 Å². The van der Waals surface area contributed by atoms with Crippen LogP contribution in [0.5, 0.6) is 0 Å². The summed E-state index contributed by atoms with van der Waals surface area (Å²) in [6.45, 7) is 2.61. The lowest BCUT2D eigenvalue weighted by molar-refractivity contribution is 1.03. The Morgan fingerprint density at radius 2 is 2.23 bits per heavy atom. The number of halogens is 1. The number of nitrogens with two attached hydrogens (primary N) is 1. The predicted molar refractivity (Wildman–Crippen MR) is 56.7 cm³/mol. The van der Waals surface area contributed by atoms with Gasteiger partial charge in [-0.15, -0.1) is 0 Å². The molecule has 0 aliphatic rings. The third-order valence-electron chi connectivity index (χ3n) is 1.68. The summed E-state index contributed by atoms with van der Waals surface area (Å²) >= 11 is 5.81. The van der Waals surface area contributed by atoms with Gasteiger partial charge < -0.3 is 5.73 Å². The average Bonchev–Trinajstić information content (AvgIpc) is 2.09. The molecule has 0 spiro atoms. The Morgan fingerprint density at radius 1 is 1.46 bits per heavy atom. The van der Waals surface area contributed by atoms with Gasteiger partial charge in [-0.25, -0.2) is 0 Å². The van der Waals surface area contributed by atoms with E-state index >= 15 is 0 Å². The highest BCUT2D eigenvalue weighted by atomic mass is 35.5. The number of hydrogen-bond donors (Lipinski definition) is 1. The molecule has 0 radical (unpaired) electrons. The highest BCUT2D eigenvalue weighted by Crippen LogP contribution is 2.13. The quantitative estimate of drug-likeness (QED) is 0.681. The van der Waals surface area contributed by atoms with Crippen molar-refractivity contribution in [3.63, 3.8) is 0 Å². The van der Waals surface area contributed by atoms with Crippen molar-refractivity contribution >= 4 is 11.6 Å². The van der Waals surface area contributed by atoms with Crippen molar-refractivity contribution < 1.29 is 0 Å². The predicted octanol–water partition coefficient (Wildman–Crippen LogP) is 2.35.